The van der Waals surface area contributed by atoms with Crippen molar-refractivity contribution in [3.8, 4) is 12.1 Å². The molecule has 0 bridgehead atoms. The Labute approximate surface area is 530 Å². The molecule has 10 aromatic carbocycles. The number of amides is 8. The molecule has 92 heavy (non-hydrogen) atoms. The van der Waals surface area contributed by atoms with Gasteiger partial charge in [-0.2, -0.15) is 10.5 Å². The highest BCUT2D eigenvalue weighted by Crippen LogP contribution is 2.53. The molecule has 16 nitrogen and oxygen atoms in total. The molecule has 0 radical (unpaired) electrons. The van der Waals surface area contributed by atoms with Gasteiger partial charge >= 0.3 is 0 Å². The molecule has 0 aliphatic carbocycles. The van der Waals surface area contributed by atoms with Gasteiger partial charge in [0.2, 0.25) is 0 Å². The van der Waals surface area contributed by atoms with Crippen LogP contribution in [-0.4, -0.2) is 91.0 Å². The number of nitrogens with zero attached hydrogens (tertiary/aromatic N) is 8. The Morgan fingerprint density at radius 2 is 0.587 bits per heavy atom. The summed E-state index contributed by atoms with van der Waals surface area (Å²) in [4.78, 5) is 125. The second-order valence-electron chi connectivity index (χ2n) is 25.3. The van der Waals surface area contributed by atoms with Crippen molar-refractivity contribution in [1.82, 2.24) is 19.6 Å². The van der Waals surface area contributed by atoms with Gasteiger partial charge in [-0.05, 0) is 156 Å². The second-order valence-corrected chi connectivity index (χ2v) is 25.3. The lowest BCUT2D eigenvalue weighted by atomic mass is 9.80. The smallest absolute Gasteiger partial charge is 0.261 e. The van der Waals surface area contributed by atoms with E-state index in [1.54, 1.807) is 72.8 Å². The zero-order valence-corrected chi connectivity index (χ0v) is 52.6. The predicted octanol–water partition coefficient (Wildman–Crippen LogP) is 17.0. The Balaban J connectivity index is 0.000000168. The standard InChI is InChI=1S/2C38H32N4O4/c1-6-8-10-19(3)41-35(43)24-15-13-23-32-28(40-5)17-27-31-25(36(44)42(38(27)46)20(4)11-9-7-2)14-12-22(34(31)32)29-21(18-39)16-26(37(41)45)30(24)33(23)29;1-6-8-10-19(3)41-35(43)24-14-12-22-29-21(18-39)16-26-32-27(38(46)42(37(26)45)20(4)11-9-7-2)17-28(40-5)33(34(29)32)23-13-15-25(36(41)44)31(24)30(22)23/h2*12-17,19-20H,6-11H2,1-4H3. The minimum Gasteiger partial charge on any atom is -0.272 e. The highest BCUT2D eigenvalue weighted by Gasteiger charge is 2.43. The molecule has 4 heterocycles. The topological polar surface area (TPSA) is 206 Å². The number of nitriles is 2. The van der Waals surface area contributed by atoms with Crippen LogP contribution in [0.3, 0.4) is 0 Å². The maximum absolute atomic E-state index is 14.0. The number of benzene rings is 10. The van der Waals surface area contributed by atoms with Crippen LogP contribution in [0.15, 0.2) is 72.8 Å². The number of fused-ring (bicyclic) bond motifs is 4. The molecule has 10 aromatic rings. The monoisotopic (exact) mass is 1220 g/mol. The molecule has 4 atom stereocenters. The van der Waals surface area contributed by atoms with E-state index in [0.29, 0.717) is 140 Å². The zero-order chi connectivity index (χ0) is 65.2. The molecule has 14 rings (SSSR count). The maximum atomic E-state index is 14.0. The summed E-state index contributed by atoms with van der Waals surface area (Å²) in [5, 5.41) is 29.7. The SMILES string of the molecule is [C-]#[N+]c1cc2c3c(cc(C#N)c4c5ccc6c7c(ccc(c1c34)c75)C(=O)N(C(C)CCCC)C6=O)C(=O)N(C(C)CCCC)C2=O.[C-]#[N+]c1cc2c3c(ccc4c5c(C#N)cc6c7c(ccc(c1c34)c75)C(=O)N(C(C)CCCC)C6=O)C(=O)N(C(C)CCCC)C2=O. The molecular weight excluding hydrogens is 1150 g/mol. The Morgan fingerprint density at radius 3 is 0.913 bits per heavy atom. The number of hydrogen-bond acceptors (Lipinski definition) is 10. The highest BCUT2D eigenvalue weighted by molar-refractivity contribution is 6.46. The van der Waals surface area contributed by atoms with Crippen LogP contribution < -0.4 is 0 Å². The van der Waals surface area contributed by atoms with Crippen molar-refractivity contribution in [3.63, 3.8) is 0 Å². The summed E-state index contributed by atoms with van der Waals surface area (Å²) in [6, 6.07) is 23.6. The van der Waals surface area contributed by atoms with Crippen LogP contribution in [0.2, 0.25) is 0 Å². The summed E-state index contributed by atoms with van der Waals surface area (Å²) >= 11 is 0. The Morgan fingerprint density at radius 1 is 0.337 bits per heavy atom. The highest BCUT2D eigenvalue weighted by atomic mass is 16.2. The largest absolute Gasteiger partial charge is 0.272 e. The molecule has 8 amide bonds. The predicted molar refractivity (Wildman–Crippen MR) is 355 cm³/mol. The first-order valence-electron chi connectivity index (χ1n) is 32.0. The Bertz CT molecular complexity index is 4930. The molecule has 16 heteroatoms. The lowest BCUT2D eigenvalue weighted by Gasteiger charge is -2.34. The van der Waals surface area contributed by atoms with Gasteiger partial charge in [0.05, 0.1) is 42.0 Å². The van der Waals surface area contributed by atoms with Gasteiger partial charge in [-0.15, -0.1) is 0 Å². The van der Waals surface area contributed by atoms with Crippen molar-refractivity contribution >= 4 is 145 Å². The molecular formula is C76H64N8O8. The number of hydrogen-bond donors (Lipinski definition) is 0. The molecule has 0 spiro atoms. The van der Waals surface area contributed by atoms with Crippen molar-refractivity contribution in [1.29, 1.82) is 10.5 Å². The summed E-state index contributed by atoms with van der Waals surface area (Å²) in [6.07, 6.45) is 9.91. The molecule has 4 unspecified atom stereocenters. The van der Waals surface area contributed by atoms with Gasteiger partial charge in [0.1, 0.15) is 0 Å². The molecule has 0 fully saturated rings. The molecule has 0 N–H and O–H groups in total. The van der Waals surface area contributed by atoms with Crippen LogP contribution >= 0.6 is 0 Å². The van der Waals surface area contributed by atoms with Crippen LogP contribution in [0.25, 0.3) is 95.9 Å². The lowest BCUT2D eigenvalue weighted by Crippen LogP contribution is -2.46. The fourth-order valence-electron chi connectivity index (χ4n) is 15.4. The van der Waals surface area contributed by atoms with E-state index < -0.39 is 23.6 Å². The van der Waals surface area contributed by atoms with Crippen LogP contribution in [-0.2, 0) is 0 Å². The first-order valence-corrected chi connectivity index (χ1v) is 32.0. The zero-order valence-electron chi connectivity index (χ0n) is 52.6. The van der Waals surface area contributed by atoms with Gasteiger partial charge in [-0.1, -0.05) is 103 Å². The maximum Gasteiger partial charge on any atom is 0.261 e. The molecule has 0 saturated carbocycles. The van der Waals surface area contributed by atoms with Crippen molar-refractivity contribution < 1.29 is 38.4 Å². The minimum atomic E-state index is -0.449. The second kappa shape index (κ2) is 22.7. The molecule has 4 aliphatic rings. The fourth-order valence-corrected chi connectivity index (χ4v) is 15.4. The van der Waals surface area contributed by atoms with Crippen molar-refractivity contribution in [2.24, 2.45) is 0 Å². The van der Waals surface area contributed by atoms with E-state index in [9.17, 15) is 48.9 Å². The summed E-state index contributed by atoms with van der Waals surface area (Å²) in [7, 11) is 0. The average molecular weight is 1220 g/mol. The van der Waals surface area contributed by atoms with Gasteiger partial charge in [0.15, 0.2) is 11.4 Å². The Hall–Kier alpha value is -10.7. The Kier molecular flexibility index (Phi) is 14.8. The first-order chi connectivity index (χ1) is 44.4. The van der Waals surface area contributed by atoms with E-state index in [1.807, 2.05) is 34.6 Å². The third-order valence-corrected chi connectivity index (χ3v) is 19.9. The van der Waals surface area contributed by atoms with E-state index in [4.69, 9.17) is 13.1 Å². The molecule has 4 aliphatic heterocycles. The third kappa shape index (κ3) is 8.35. The van der Waals surface area contributed by atoms with Crippen LogP contribution in [0.4, 0.5) is 11.4 Å². The molecule has 0 aromatic heterocycles. The minimum absolute atomic E-state index is 0.211. The summed E-state index contributed by atoms with van der Waals surface area (Å²) in [5.74, 6) is -3.23. The summed E-state index contributed by atoms with van der Waals surface area (Å²) in [6.45, 7) is 32.1. The van der Waals surface area contributed by atoms with Crippen molar-refractivity contribution in [3.05, 3.63) is 151 Å². The van der Waals surface area contributed by atoms with E-state index in [1.165, 1.54) is 19.6 Å². The van der Waals surface area contributed by atoms with Gasteiger partial charge in [0, 0.05) is 95.4 Å². The van der Waals surface area contributed by atoms with Crippen molar-refractivity contribution in [2.75, 3.05) is 0 Å². The third-order valence-electron chi connectivity index (χ3n) is 19.9. The van der Waals surface area contributed by atoms with Gasteiger partial charge in [-0.25, -0.2) is 9.69 Å². The van der Waals surface area contributed by atoms with Crippen LogP contribution in [0.5, 0.6) is 0 Å². The number of unbranched alkanes of at least 4 members (excludes halogenated alkanes) is 4. The first kappa shape index (κ1) is 60.2. The van der Waals surface area contributed by atoms with Gasteiger partial charge in [-0.3, -0.25) is 58.0 Å². The van der Waals surface area contributed by atoms with E-state index in [-0.39, 0.29) is 87.0 Å². The quantitative estimate of drug-likeness (QED) is 0.0387. The van der Waals surface area contributed by atoms with Crippen LogP contribution in [0.1, 0.15) is 226 Å². The van der Waals surface area contributed by atoms with E-state index in [2.05, 4.69) is 42.6 Å². The van der Waals surface area contributed by atoms with Gasteiger partial charge in [0.25, 0.3) is 47.3 Å². The number of rotatable bonds is 16. The van der Waals surface area contributed by atoms with E-state index >= 15 is 0 Å². The average Bonchev–Trinajstić information content (AvgIpc) is 0.689. The number of carbonyl (C=O) groups excluding carboxylic acids is 8. The molecule has 456 valence electrons. The summed E-state index contributed by atoms with van der Waals surface area (Å²) < 4.78 is 0. The molecule has 0 saturated heterocycles. The number of carbonyl (C=O) groups is 8. The summed E-state index contributed by atoms with van der Waals surface area (Å²) in [5.41, 5.74) is 3.60. The normalized spacial score (nSPS) is 15.8. The fraction of sp³-hybridized carbons (Fsp3) is 0.316. The lowest BCUT2D eigenvalue weighted by molar-refractivity contribution is 0.0527. The van der Waals surface area contributed by atoms with Gasteiger partial charge < -0.3 is 0 Å². The number of imide groups is 4. The van der Waals surface area contributed by atoms with Crippen LogP contribution in [0, 0.1) is 35.8 Å². The van der Waals surface area contributed by atoms with Crippen molar-refractivity contribution in [2.45, 2.75) is 157 Å². The van der Waals surface area contributed by atoms with E-state index in [0.717, 1.165) is 51.4 Å².